The molecule has 1 amide bonds. The fourth-order valence-corrected chi connectivity index (χ4v) is 2.65. The van der Waals surface area contributed by atoms with Gasteiger partial charge in [-0.1, -0.05) is 23.2 Å². The molecule has 7 heteroatoms. The number of nitrogen functional groups attached to an aromatic ring is 1. The maximum atomic E-state index is 12.0. The summed E-state index contributed by atoms with van der Waals surface area (Å²) in [6, 6.07) is 3.01. The first kappa shape index (κ1) is 15.1. The fourth-order valence-electron chi connectivity index (χ4n) is 1.67. The second-order valence-corrected chi connectivity index (χ2v) is 6.07. The largest absolute Gasteiger partial charge is 0.397 e. The van der Waals surface area contributed by atoms with Crippen molar-refractivity contribution in [3.63, 3.8) is 0 Å². The van der Waals surface area contributed by atoms with Gasteiger partial charge in [0.25, 0.3) is 5.91 Å². The maximum absolute atomic E-state index is 12.0. The van der Waals surface area contributed by atoms with Gasteiger partial charge in [-0.25, -0.2) is 4.98 Å². The van der Waals surface area contributed by atoms with Crippen LogP contribution in [0.3, 0.4) is 0 Å². The average Bonchev–Trinajstić information content (AvgIpc) is 2.81. The number of carbonyl (C=O) groups excluding carboxylic acids is 1. The molecule has 0 spiro atoms. The summed E-state index contributed by atoms with van der Waals surface area (Å²) in [6.07, 6.45) is 0.687. The summed E-state index contributed by atoms with van der Waals surface area (Å²) in [7, 11) is 0. The van der Waals surface area contributed by atoms with Crippen LogP contribution in [0.2, 0.25) is 10.0 Å². The SMILES string of the molecule is Cc1nc(CCNC(=O)c2cc(N)c(Cl)c(Cl)c2)cs1. The van der Waals surface area contributed by atoms with Crippen LogP contribution in [0.1, 0.15) is 21.1 Å². The monoisotopic (exact) mass is 329 g/mol. The van der Waals surface area contributed by atoms with E-state index in [1.54, 1.807) is 11.3 Å². The molecule has 0 saturated heterocycles. The Kier molecular flexibility index (Phi) is 4.86. The number of carbonyl (C=O) groups is 1. The van der Waals surface area contributed by atoms with Crippen molar-refractivity contribution < 1.29 is 4.79 Å². The van der Waals surface area contributed by atoms with Gasteiger partial charge in [-0.05, 0) is 19.1 Å². The minimum atomic E-state index is -0.234. The predicted octanol–water partition coefficient (Wildman–Crippen LogP) is 3.31. The Morgan fingerprint density at radius 1 is 1.45 bits per heavy atom. The molecule has 20 heavy (non-hydrogen) atoms. The molecule has 0 aliphatic carbocycles. The Morgan fingerprint density at radius 2 is 2.20 bits per heavy atom. The number of amides is 1. The van der Waals surface area contributed by atoms with E-state index in [1.165, 1.54) is 12.1 Å². The van der Waals surface area contributed by atoms with Gasteiger partial charge in [0, 0.05) is 23.9 Å². The molecule has 1 aromatic carbocycles. The van der Waals surface area contributed by atoms with E-state index < -0.39 is 0 Å². The number of aryl methyl sites for hydroxylation is 1. The van der Waals surface area contributed by atoms with E-state index >= 15 is 0 Å². The van der Waals surface area contributed by atoms with Crippen molar-refractivity contribution in [2.24, 2.45) is 0 Å². The lowest BCUT2D eigenvalue weighted by atomic mass is 10.2. The topological polar surface area (TPSA) is 68.0 Å². The quantitative estimate of drug-likeness (QED) is 0.845. The van der Waals surface area contributed by atoms with Crippen LogP contribution in [0.25, 0.3) is 0 Å². The zero-order valence-electron chi connectivity index (χ0n) is 10.7. The molecule has 1 aromatic heterocycles. The molecule has 4 nitrogen and oxygen atoms in total. The van der Waals surface area contributed by atoms with Gasteiger partial charge in [0.1, 0.15) is 0 Å². The van der Waals surface area contributed by atoms with Crippen LogP contribution in [0, 0.1) is 6.92 Å². The molecule has 2 aromatic rings. The number of aromatic nitrogens is 1. The number of anilines is 1. The number of nitrogens with zero attached hydrogens (tertiary/aromatic N) is 1. The summed E-state index contributed by atoms with van der Waals surface area (Å²) in [5.74, 6) is -0.234. The molecule has 2 rings (SSSR count). The number of hydrogen-bond donors (Lipinski definition) is 2. The van der Waals surface area contributed by atoms with Gasteiger partial charge < -0.3 is 11.1 Å². The van der Waals surface area contributed by atoms with Crippen molar-refractivity contribution in [2.75, 3.05) is 12.3 Å². The van der Waals surface area contributed by atoms with Crippen molar-refractivity contribution in [2.45, 2.75) is 13.3 Å². The molecule has 0 aliphatic heterocycles. The van der Waals surface area contributed by atoms with E-state index in [9.17, 15) is 4.79 Å². The Hall–Kier alpha value is -1.30. The van der Waals surface area contributed by atoms with Gasteiger partial charge in [0.15, 0.2) is 0 Å². The van der Waals surface area contributed by atoms with Crippen LogP contribution in [-0.4, -0.2) is 17.4 Å². The van der Waals surface area contributed by atoms with E-state index in [-0.39, 0.29) is 16.0 Å². The molecular formula is C13H13Cl2N3OS. The maximum Gasteiger partial charge on any atom is 0.251 e. The van der Waals surface area contributed by atoms with E-state index in [4.69, 9.17) is 28.9 Å². The third-order valence-corrected chi connectivity index (χ3v) is 4.29. The molecule has 0 unspecified atom stereocenters. The number of nitrogens with one attached hydrogen (secondary N) is 1. The molecular weight excluding hydrogens is 317 g/mol. The van der Waals surface area contributed by atoms with Gasteiger partial charge in [0.05, 0.1) is 26.4 Å². The number of halogens is 2. The summed E-state index contributed by atoms with van der Waals surface area (Å²) in [4.78, 5) is 16.3. The van der Waals surface area contributed by atoms with E-state index in [0.29, 0.717) is 24.2 Å². The molecule has 1 heterocycles. The first-order valence-electron chi connectivity index (χ1n) is 5.91. The van der Waals surface area contributed by atoms with Crippen LogP contribution in [0.4, 0.5) is 5.69 Å². The van der Waals surface area contributed by atoms with Crippen molar-refractivity contribution in [3.05, 3.63) is 43.8 Å². The smallest absolute Gasteiger partial charge is 0.251 e. The first-order chi connectivity index (χ1) is 9.47. The van der Waals surface area contributed by atoms with Crippen molar-refractivity contribution in [1.29, 1.82) is 0 Å². The van der Waals surface area contributed by atoms with E-state index in [2.05, 4.69) is 10.3 Å². The third-order valence-electron chi connectivity index (χ3n) is 2.65. The molecule has 106 valence electrons. The lowest BCUT2D eigenvalue weighted by Gasteiger charge is -2.07. The fraction of sp³-hybridized carbons (Fsp3) is 0.231. The molecule has 0 aliphatic rings. The van der Waals surface area contributed by atoms with Gasteiger partial charge in [0.2, 0.25) is 0 Å². The van der Waals surface area contributed by atoms with Crippen molar-refractivity contribution in [3.8, 4) is 0 Å². The van der Waals surface area contributed by atoms with Gasteiger partial charge in [-0.2, -0.15) is 0 Å². The van der Waals surface area contributed by atoms with Crippen molar-refractivity contribution >= 4 is 46.1 Å². The lowest BCUT2D eigenvalue weighted by Crippen LogP contribution is -2.25. The summed E-state index contributed by atoms with van der Waals surface area (Å²) >= 11 is 13.3. The van der Waals surface area contributed by atoms with Crippen LogP contribution >= 0.6 is 34.5 Å². The van der Waals surface area contributed by atoms with Crippen LogP contribution < -0.4 is 11.1 Å². The number of rotatable bonds is 4. The zero-order chi connectivity index (χ0) is 14.7. The van der Waals surface area contributed by atoms with Crippen molar-refractivity contribution in [1.82, 2.24) is 10.3 Å². The summed E-state index contributed by atoms with van der Waals surface area (Å²) in [5, 5.41) is 6.34. The highest BCUT2D eigenvalue weighted by Gasteiger charge is 2.11. The Morgan fingerprint density at radius 3 is 2.80 bits per heavy atom. The predicted molar refractivity (Wildman–Crippen MR) is 83.8 cm³/mol. The van der Waals surface area contributed by atoms with Gasteiger partial charge >= 0.3 is 0 Å². The third kappa shape index (κ3) is 3.62. The Balaban J connectivity index is 1.95. The number of nitrogens with two attached hydrogens (primary N) is 1. The normalized spacial score (nSPS) is 10.6. The van der Waals surface area contributed by atoms with Gasteiger partial charge in [-0.3, -0.25) is 4.79 Å². The summed E-state index contributed by atoms with van der Waals surface area (Å²) < 4.78 is 0. The van der Waals surface area contributed by atoms with E-state index in [1.807, 2.05) is 12.3 Å². The standard InChI is InChI=1S/C13H13Cl2N3OS/c1-7-18-9(6-20-7)2-3-17-13(19)8-4-10(14)12(15)11(16)5-8/h4-6H,2-3,16H2,1H3,(H,17,19). The lowest BCUT2D eigenvalue weighted by molar-refractivity contribution is 0.0954. The minimum Gasteiger partial charge on any atom is -0.397 e. The summed E-state index contributed by atoms with van der Waals surface area (Å²) in [5.41, 5.74) is 7.34. The van der Waals surface area contributed by atoms with Crippen LogP contribution in [0.5, 0.6) is 0 Å². The average molecular weight is 330 g/mol. The van der Waals surface area contributed by atoms with Gasteiger partial charge in [-0.15, -0.1) is 11.3 Å². The molecule has 0 saturated carbocycles. The molecule has 0 bridgehead atoms. The number of benzene rings is 1. The second-order valence-electron chi connectivity index (χ2n) is 4.23. The Bertz CT molecular complexity index is 619. The Labute approximate surface area is 130 Å². The minimum absolute atomic E-state index is 0.234. The molecule has 0 radical (unpaired) electrons. The van der Waals surface area contributed by atoms with Crippen LogP contribution in [0.15, 0.2) is 17.5 Å². The number of thiazole rings is 1. The van der Waals surface area contributed by atoms with E-state index in [0.717, 1.165) is 10.7 Å². The second kappa shape index (κ2) is 6.43. The summed E-state index contributed by atoms with van der Waals surface area (Å²) in [6.45, 7) is 2.45. The van der Waals surface area contributed by atoms with Crippen LogP contribution in [-0.2, 0) is 6.42 Å². The molecule has 3 N–H and O–H groups in total. The highest BCUT2D eigenvalue weighted by molar-refractivity contribution is 7.09. The highest BCUT2D eigenvalue weighted by atomic mass is 35.5. The highest BCUT2D eigenvalue weighted by Crippen LogP contribution is 2.29. The first-order valence-corrected chi connectivity index (χ1v) is 7.54. The zero-order valence-corrected chi connectivity index (χ0v) is 13.1. The molecule has 0 fully saturated rings. The number of hydrogen-bond acceptors (Lipinski definition) is 4. The molecule has 0 atom stereocenters.